The Morgan fingerprint density at radius 2 is 2.08 bits per heavy atom. The molecule has 24 heavy (non-hydrogen) atoms. The van der Waals surface area contributed by atoms with E-state index in [0.29, 0.717) is 30.3 Å². The van der Waals surface area contributed by atoms with Crippen molar-refractivity contribution >= 4 is 45.6 Å². The molecule has 0 heterocycles. The van der Waals surface area contributed by atoms with Gasteiger partial charge in [-0.05, 0) is 46.9 Å². The quantitative estimate of drug-likeness (QED) is 0.296. The zero-order valence-electron chi connectivity index (χ0n) is 12.9. The Bertz CT molecular complexity index is 752. The minimum Gasteiger partial charge on any atom is -0.492 e. The summed E-state index contributed by atoms with van der Waals surface area (Å²) in [5.74, 6) is 0.458. The number of hydrogen-bond acceptors (Lipinski definition) is 5. The average molecular weight is 441 g/mol. The number of carbonyl (C=O) groups excluding carboxylic acids is 1. The van der Waals surface area contributed by atoms with E-state index in [9.17, 15) is 14.9 Å². The highest BCUT2D eigenvalue weighted by molar-refractivity contribution is 14.1. The molecule has 0 atom stereocenters. The van der Waals surface area contributed by atoms with Crippen LogP contribution in [-0.4, -0.2) is 24.0 Å². The van der Waals surface area contributed by atoms with Crippen LogP contribution in [0.2, 0.25) is 0 Å². The van der Waals surface area contributed by atoms with Crippen molar-refractivity contribution in [3.8, 4) is 5.75 Å². The van der Waals surface area contributed by atoms with Gasteiger partial charge in [0.15, 0.2) is 0 Å². The van der Waals surface area contributed by atoms with Crippen molar-refractivity contribution in [3.63, 3.8) is 0 Å². The maximum Gasteiger partial charge on any atom is 0.293 e. The maximum atomic E-state index is 11.1. The molecule has 2 rings (SSSR count). The fraction of sp³-hybridized carbons (Fsp3) is 0.188. The fourth-order valence-electron chi connectivity index (χ4n) is 2.03. The molecule has 0 bridgehead atoms. The van der Waals surface area contributed by atoms with E-state index < -0.39 is 4.92 Å². The second kappa shape index (κ2) is 8.48. The van der Waals surface area contributed by atoms with Crippen LogP contribution in [0.15, 0.2) is 42.5 Å². The van der Waals surface area contributed by atoms with Crippen molar-refractivity contribution in [2.75, 3.05) is 23.8 Å². The van der Waals surface area contributed by atoms with Gasteiger partial charge in [-0.25, -0.2) is 0 Å². The molecule has 0 aliphatic carbocycles. The lowest BCUT2D eigenvalue weighted by Gasteiger charge is -2.10. The molecule has 0 aliphatic rings. The van der Waals surface area contributed by atoms with E-state index in [2.05, 4.69) is 10.6 Å². The Balaban J connectivity index is 1.89. The Kier molecular flexibility index (Phi) is 6.36. The third-order valence-electron chi connectivity index (χ3n) is 3.00. The Morgan fingerprint density at radius 1 is 1.29 bits per heavy atom. The van der Waals surface area contributed by atoms with Crippen molar-refractivity contribution in [1.82, 2.24) is 0 Å². The normalized spacial score (nSPS) is 10.1. The number of nitrogens with zero attached hydrogens (tertiary/aromatic N) is 1. The fourth-order valence-corrected chi connectivity index (χ4v) is 2.50. The summed E-state index contributed by atoms with van der Waals surface area (Å²) < 4.78 is 6.39. The minimum absolute atomic E-state index is 0.0366. The number of nitro groups is 1. The molecule has 0 saturated carbocycles. The lowest BCUT2D eigenvalue weighted by atomic mass is 10.2. The minimum atomic E-state index is -0.414. The highest BCUT2D eigenvalue weighted by Crippen LogP contribution is 2.26. The first-order chi connectivity index (χ1) is 11.5. The van der Waals surface area contributed by atoms with E-state index in [1.807, 2.05) is 22.6 Å². The largest absolute Gasteiger partial charge is 0.492 e. The molecule has 2 aromatic rings. The maximum absolute atomic E-state index is 11.1. The van der Waals surface area contributed by atoms with Crippen molar-refractivity contribution in [3.05, 3.63) is 56.1 Å². The number of halogens is 1. The lowest BCUT2D eigenvalue weighted by Crippen LogP contribution is -2.13. The molecule has 2 N–H and O–H groups in total. The second-order valence-corrected chi connectivity index (χ2v) is 6.15. The van der Waals surface area contributed by atoms with Gasteiger partial charge in [-0.1, -0.05) is 6.07 Å². The number of nitro benzene ring substituents is 1. The number of amides is 1. The smallest absolute Gasteiger partial charge is 0.293 e. The van der Waals surface area contributed by atoms with Crippen LogP contribution in [0, 0.1) is 13.7 Å². The van der Waals surface area contributed by atoms with Gasteiger partial charge in [0.05, 0.1) is 4.92 Å². The molecule has 0 radical (unpaired) electrons. The third kappa shape index (κ3) is 5.37. The summed E-state index contributed by atoms with van der Waals surface area (Å²) in [6.45, 7) is 2.17. The monoisotopic (exact) mass is 441 g/mol. The number of nitrogens with one attached hydrogen (secondary N) is 2. The van der Waals surface area contributed by atoms with Crippen LogP contribution < -0.4 is 15.4 Å². The van der Waals surface area contributed by atoms with Crippen LogP contribution >= 0.6 is 22.6 Å². The summed E-state index contributed by atoms with van der Waals surface area (Å²) in [5, 5.41) is 16.7. The van der Waals surface area contributed by atoms with Gasteiger partial charge in [0, 0.05) is 34.9 Å². The summed E-state index contributed by atoms with van der Waals surface area (Å²) in [4.78, 5) is 21.7. The van der Waals surface area contributed by atoms with Gasteiger partial charge in [0.2, 0.25) is 5.91 Å². The van der Waals surface area contributed by atoms with Gasteiger partial charge in [-0.3, -0.25) is 14.9 Å². The third-order valence-corrected chi connectivity index (χ3v) is 3.67. The van der Waals surface area contributed by atoms with E-state index >= 15 is 0 Å². The van der Waals surface area contributed by atoms with Crippen LogP contribution in [0.25, 0.3) is 0 Å². The topological polar surface area (TPSA) is 93.5 Å². The summed E-state index contributed by atoms with van der Waals surface area (Å²) >= 11 is 2.03. The van der Waals surface area contributed by atoms with E-state index in [1.54, 1.807) is 36.4 Å². The Labute approximate surface area is 152 Å². The predicted octanol–water partition coefficient (Wildman–Crippen LogP) is 3.65. The van der Waals surface area contributed by atoms with Crippen molar-refractivity contribution in [1.29, 1.82) is 0 Å². The highest BCUT2D eigenvalue weighted by atomic mass is 127. The van der Waals surface area contributed by atoms with Crippen LogP contribution in [-0.2, 0) is 4.79 Å². The van der Waals surface area contributed by atoms with Crippen molar-refractivity contribution in [2.45, 2.75) is 6.92 Å². The van der Waals surface area contributed by atoms with Crippen LogP contribution in [0.3, 0.4) is 0 Å². The van der Waals surface area contributed by atoms with Crippen molar-refractivity contribution < 1.29 is 14.5 Å². The lowest BCUT2D eigenvalue weighted by molar-refractivity contribution is -0.384. The molecule has 0 aliphatic heterocycles. The standard InChI is InChI=1S/C16H16IN3O4/c1-11(21)19-13-3-2-4-14(10-13)24-8-7-18-15-6-5-12(17)9-16(15)20(22)23/h2-6,9-10,18H,7-8H2,1H3,(H,19,21). The number of rotatable bonds is 7. The molecule has 0 saturated heterocycles. The first kappa shape index (κ1) is 18.0. The highest BCUT2D eigenvalue weighted by Gasteiger charge is 2.13. The first-order valence-corrected chi connectivity index (χ1v) is 8.22. The summed E-state index contributed by atoms with van der Waals surface area (Å²) in [6, 6.07) is 12.0. The van der Waals surface area contributed by atoms with E-state index in [-0.39, 0.29) is 11.6 Å². The molecular weight excluding hydrogens is 425 g/mol. The number of ether oxygens (including phenoxy) is 1. The molecule has 126 valence electrons. The predicted molar refractivity (Wildman–Crippen MR) is 101 cm³/mol. The zero-order valence-corrected chi connectivity index (χ0v) is 15.1. The summed E-state index contributed by atoms with van der Waals surface area (Å²) in [7, 11) is 0. The van der Waals surface area contributed by atoms with E-state index in [1.165, 1.54) is 13.0 Å². The van der Waals surface area contributed by atoms with Gasteiger partial charge in [-0.2, -0.15) is 0 Å². The molecular formula is C16H16IN3O4. The summed E-state index contributed by atoms with van der Waals surface area (Å²) in [6.07, 6.45) is 0. The van der Waals surface area contributed by atoms with E-state index in [4.69, 9.17) is 4.74 Å². The zero-order chi connectivity index (χ0) is 17.5. The van der Waals surface area contributed by atoms with Crippen LogP contribution in [0.1, 0.15) is 6.92 Å². The number of benzene rings is 2. The van der Waals surface area contributed by atoms with Gasteiger partial charge < -0.3 is 15.4 Å². The SMILES string of the molecule is CC(=O)Nc1cccc(OCCNc2ccc(I)cc2[N+](=O)[O-])c1. The van der Waals surface area contributed by atoms with Crippen molar-refractivity contribution in [2.24, 2.45) is 0 Å². The van der Waals surface area contributed by atoms with Crippen LogP contribution in [0.4, 0.5) is 17.1 Å². The van der Waals surface area contributed by atoms with Gasteiger partial charge in [-0.15, -0.1) is 0 Å². The molecule has 1 amide bonds. The van der Waals surface area contributed by atoms with Crippen LogP contribution in [0.5, 0.6) is 5.75 Å². The summed E-state index contributed by atoms with van der Waals surface area (Å²) in [5.41, 5.74) is 1.15. The van der Waals surface area contributed by atoms with E-state index in [0.717, 1.165) is 3.57 Å². The van der Waals surface area contributed by atoms with Gasteiger partial charge in [0.1, 0.15) is 18.0 Å². The van der Waals surface area contributed by atoms with Gasteiger partial charge >= 0.3 is 0 Å². The molecule has 0 unspecified atom stereocenters. The molecule has 8 heteroatoms. The number of anilines is 2. The molecule has 0 spiro atoms. The number of carbonyl (C=O) groups is 1. The average Bonchev–Trinajstić information content (AvgIpc) is 2.52. The number of hydrogen-bond donors (Lipinski definition) is 2. The molecule has 0 fully saturated rings. The second-order valence-electron chi connectivity index (χ2n) is 4.90. The Morgan fingerprint density at radius 3 is 2.79 bits per heavy atom. The van der Waals surface area contributed by atoms with Gasteiger partial charge in [0.25, 0.3) is 5.69 Å². The molecule has 7 nitrogen and oxygen atoms in total. The Hall–Kier alpha value is -2.36. The first-order valence-electron chi connectivity index (χ1n) is 7.14. The molecule has 2 aromatic carbocycles. The molecule has 0 aromatic heterocycles.